The fourth-order valence-corrected chi connectivity index (χ4v) is 0.925. The molecule has 0 radical (unpaired) electrons. The highest BCUT2D eigenvalue weighted by atomic mass is 16.5. The molecule has 4 nitrogen and oxygen atoms in total. The maximum atomic E-state index is 10.0. The molecular formula is C7H14N2O2. The van der Waals surface area contributed by atoms with Gasteiger partial charge >= 0.3 is 6.03 Å². The summed E-state index contributed by atoms with van der Waals surface area (Å²) in [7, 11) is 0. The second-order valence-electron chi connectivity index (χ2n) is 2.50. The molecule has 2 rings (SSSR count). The van der Waals surface area contributed by atoms with Crippen molar-refractivity contribution in [1.82, 2.24) is 10.6 Å². The van der Waals surface area contributed by atoms with E-state index < -0.39 is 0 Å². The van der Waals surface area contributed by atoms with Gasteiger partial charge in [0.05, 0.1) is 0 Å². The van der Waals surface area contributed by atoms with Crippen molar-refractivity contribution >= 4 is 6.03 Å². The summed E-state index contributed by atoms with van der Waals surface area (Å²) in [5.74, 6) is 0. The van der Waals surface area contributed by atoms with Crippen LogP contribution < -0.4 is 10.6 Å². The monoisotopic (exact) mass is 158 g/mol. The number of rotatable bonds is 0. The first kappa shape index (κ1) is 8.33. The smallest absolute Gasteiger partial charge is 0.314 e. The lowest BCUT2D eigenvalue weighted by molar-refractivity contribution is 0.198. The number of hydrogen-bond donors (Lipinski definition) is 2. The van der Waals surface area contributed by atoms with Crippen LogP contribution in [0.4, 0.5) is 4.79 Å². The van der Waals surface area contributed by atoms with Gasteiger partial charge in [-0.3, -0.25) is 0 Å². The van der Waals surface area contributed by atoms with Crippen molar-refractivity contribution in [3.05, 3.63) is 0 Å². The number of urea groups is 1. The van der Waals surface area contributed by atoms with Gasteiger partial charge in [-0.1, -0.05) is 0 Å². The lowest BCUT2D eigenvalue weighted by atomic mass is 10.4. The largest absolute Gasteiger partial charge is 0.381 e. The summed E-state index contributed by atoms with van der Waals surface area (Å²) in [4.78, 5) is 10.0. The van der Waals surface area contributed by atoms with Crippen molar-refractivity contribution < 1.29 is 9.53 Å². The summed E-state index contributed by atoms with van der Waals surface area (Å²) < 4.78 is 4.94. The fraction of sp³-hybridized carbons (Fsp3) is 0.857. The predicted molar refractivity (Wildman–Crippen MR) is 41.5 cm³/mol. The Kier molecular flexibility index (Phi) is 3.75. The molecule has 2 aliphatic heterocycles. The third-order valence-corrected chi connectivity index (χ3v) is 1.52. The molecule has 0 spiro atoms. The zero-order valence-electron chi connectivity index (χ0n) is 6.56. The molecule has 4 heteroatoms. The predicted octanol–water partition coefficient (Wildman–Crippen LogP) is 0.0960. The summed E-state index contributed by atoms with van der Waals surface area (Å²) >= 11 is 0. The van der Waals surface area contributed by atoms with Crippen LogP contribution >= 0.6 is 0 Å². The van der Waals surface area contributed by atoms with Crippen LogP contribution in [-0.4, -0.2) is 32.3 Å². The molecular weight excluding hydrogens is 144 g/mol. The fourth-order valence-electron chi connectivity index (χ4n) is 0.925. The minimum Gasteiger partial charge on any atom is -0.381 e. The average Bonchev–Trinajstić information content (AvgIpc) is 2.57. The highest BCUT2D eigenvalue weighted by Crippen LogP contribution is 1.98. The second-order valence-corrected chi connectivity index (χ2v) is 2.50. The van der Waals surface area contributed by atoms with E-state index in [1.54, 1.807) is 0 Å². The third-order valence-electron chi connectivity index (χ3n) is 1.52. The molecule has 2 fully saturated rings. The Labute approximate surface area is 66.3 Å². The molecule has 2 aliphatic rings. The molecule has 64 valence electrons. The van der Waals surface area contributed by atoms with E-state index in [9.17, 15) is 4.79 Å². The van der Waals surface area contributed by atoms with Crippen molar-refractivity contribution in [2.75, 3.05) is 26.3 Å². The Hall–Kier alpha value is -0.770. The summed E-state index contributed by atoms with van der Waals surface area (Å²) in [5, 5.41) is 5.14. The normalized spacial score (nSPS) is 21.6. The van der Waals surface area contributed by atoms with Gasteiger partial charge in [-0.05, 0) is 12.8 Å². The van der Waals surface area contributed by atoms with Crippen LogP contribution in [0, 0.1) is 0 Å². The van der Waals surface area contributed by atoms with Crippen molar-refractivity contribution in [1.29, 1.82) is 0 Å². The van der Waals surface area contributed by atoms with Crippen LogP contribution in [0.2, 0.25) is 0 Å². The molecule has 2 N–H and O–H groups in total. The maximum absolute atomic E-state index is 10.0. The standard InChI is InChI=1S/C4H8O.C3H6N2O/c1-2-4-5-3-1;6-3-4-1-2-5-3/h1-4H2;1-2H2,(H2,4,5,6). The van der Waals surface area contributed by atoms with Crippen molar-refractivity contribution in [3.8, 4) is 0 Å². The quantitative estimate of drug-likeness (QED) is 0.525. The Bertz CT molecular complexity index is 108. The van der Waals surface area contributed by atoms with E-state index in [0.717, 1.165) is 26.3 Å². The first-order valence-corrected chi connectivity index (χ1v) is 3.99. The lowest BCUT2D eigenvalue weighted by Crippen LogP contribution is -2.20. The number of ether oxygens (including phenoxy) is 1. The van der Waals surface area contributed by atoms with E-state index in [1.165, 1.54) is 12.8 Å². The van der Waals surface area contributed by atoms with Crippen molar-refractivity contribution in [2.45, 2.75) is 12.8 Å². The molecule has 0 aliphatic carbocycles. The minimum absolute atomic E-state index is 0.0463. The Balaban J connectivity index is 0.000000112. The van der Waals surface area contributed by atoms with Crippen LogP contribution in [0.1, 0.15) is 12.8 Å². The summed E-state index contributed by atoms with van der Waals surface area (Å²) in [5.41, 5.74) is 0. The van der Waals surface area contributed by atoms with Gasteiger partial charge in [0, 0.05) is 26.3 Å². The van der Waals surface area contributed by atoms with Gasteiger partial charge in [0.2, 0.25) is 0 Å². The Morgan fingerprint density at radius 3 is 1.82 bits per heavy atom. The molecule has 0 saturated carbocycles. The van der Waals surface area contributed by atoms with Crippen LogP contribution in [0.3, 0.4) is 0 Å². The summed E-state index contributed by atoms with van der Waals surface area (Å²) in [6.07, 6.45) is 2.56. The van der Waals surface area contributed by atoms with E-state index in [4.69, 9.17) is 4.74 Å². The number of nitrogens with one attached hydrogen (secondary N) is 2. The SMILES string of the molecule is C1CCOC1.O=C1NCCN1. The molecule has 11 heavy (non-hydrogen) atoms. The molecule has 0 aromatic rings. The molecule has 0 bridgehead atoms. The Morgan fingerprint density at radius 2 is 1.64 bits per heavy atom. The van der Waals surface area contributed by atoms with Gasteiger partial charge in [0.1, 0.15) is 0 Å². The van der Waals surface area contributed by atoms with Crippen LogP contribution in [-0.2, 0) is 4.74 Å². The molecule has 0 unspecified atom stereocenters. The van der Waals surface area contributed by atoms with Gasteiger partial charge in [-0.2, -0.15) is 0 Å². The first-order valence-electron chi connectivity index (χ1n) is 3.99. The zero-order valence-corrected chi connectivity index (χ0v) is 6.56. The van der Waals surface area contributed by atoms with E-state index in [2.05, 4.69) is 10.6 Å². The molecule has 0 atom stereocenters. The molecule has 2 saturated heterocycles. The number of carbonyl (C=O) groups is 1. The van der Waals surface area contributed by atoms with Gasteiger partial charge in [-0.15, -0.1) is 0 Å². The molecule has 2 amide bonds. The highest BCUT2D eigenvalue weighted by molar-refractivity contribution is 5.75. The lowest BCUT2D eigenvalue weighted by Gasteiger charge is -1.80. The molecule has 0 aromatic carbocycles. The Morgan fingerprint density at radius 1 is 1.09 bits per heavy atom. The number of hydrogen-bond acceptors (Lipinski definition) is 2. The van der Waals surface area contributed by atoms with Gasteiger partial charge in [-0.25, -0.2) is 4.79 Å². The summed E-state index contributed by atoms with van der Waals surface area (Å²) in [6.45, 7) is 3.55. The molecule has 0 aromatic heterocycles. The van der Waals surface area contributed by atoms with E-state index in [-0.39, 0.29) is 6.03 Å². The number of amides is 2. The minimum atomic E-state index is -0.0463. The first-order chi connectivity index (χ1) is 5.39. The van der Waals surface area contributed by atoms with E-state index >= 15 is 0 Å². The highest BCUT2D eigenvalue weighted by Gasteiger charge is 2.03. The topological polar surface area (TPSA) is 50.4 Å². The van der Waals surface area contributed by atoms with Crippen LogP contribution in [0.25, 0.3) is 0 Å². The third kappa shape index (κ3) is 3.83. The number of carbonyl (C=O) groups excluding carboxylic acids is 1. The maximum Gasteiger partial charge on any atom is 0.314 e. The van der Waals surface area contributed by atoms with Crippen molar-refractivity contribution in [3.63, 3.8) is 0 Å². The van der Waals surface area contributed by atoms with Crippen LogP contribution in [0.15, 0.2) is 0 Å². The van der Waals surface area contributed by atoms with Gasteiger partial charge in [0.15, 0.2) is 0 Å². The van der Waals surface area contributed by atoms with Gasteiger partial charge in [0.25, 0.3) is 0 Å². The second kappa shape index (κ2) is 4.96. The van der Waals surface area contributed by atoms with Crippen molar-refractivity contribution in [2.24, 2.45) is 0 Å². The average molecular weight is 158 g/mol. The summed E-state index contributed by atoms with van der Waals surface area (Å²) in [6, 6.07) is -0.0463. The van der Waals surface area contributed by atoms with E-state index in [0.29, 0.717) is 0 Å². The van der Waals surface area contributed by atoms with E-state index in [1.807, 2.05) is 0 Å². The van der Waals surface area contributed by atoms with Crippen LogP contribution in [0.5, 0.6) is 0 Å². The van der Waals surface area contributed by atoms with Gasteiger partial charge < -0.3 is 15.4 Å². The molecule has 2 heterocycles. The zero-order chi connectivity index (χ0) is 7.94.